The van der Waals surface area contributed by atoms with Crippen LogP contribution in [0.5, 0.6) is 0 Å². The summed E-state index contributed by atoms with van der Waals surface area (Å²) in [5.41, 5.74) is 2.57. The Morgan fingerprint density at radius 2 is 1.16 bits per heavy atom. The van der Waals surface area contributed by atoms with Crippen molar-refractivity contribution in [2.45, 2.75) is 13.8 Å². The third kappa shape index (κ3) is 11.2. The maximum Gasteiger partial charge on any atom is 4.00 e. The van der Waals surface area contributed by atoms with E-state index in [0.29, 0.717) is 0 Å². The molecule has 0 aliphatic heterocycles. The van der Waals surface area contributed by atoms with Crippen LogP contribution in [0, 0.1) is 0 Å². The maximum atomic E-state index is 2.08. The van der Waals surface area contributed by atoms with Crippen LogP contribution in [0.1, 0.15) is 25.0 Å². The van der Waals surface area contributed by atoms with Crippen LogP contribution in [0.4, 0.5) is 0 Å². The standard InChI is InChI=1S/2C8H9.2ClH.Hf/c2*1-2-5-8-6-3-4-7-8;;;/h2*2-7H,1H3;2*1H;/q2*-1;;;+4/p-2. The van der Waals surface area contributed by atoms with Crippen molar-refractivity contribution in [3.8, 4) is 0 Å². The molecule has 3 heteroatoms. The van der Waals surface area contributed by atoms with Gasteiger partial charge in [-0.25, -0.2) is 0 Å². The molecule has 0 spiro atoms. The predicted molar refractivity (Wildman–Crippen MR) is 73.5 cm³/mol. The van der Waals surface area contributed by atoms with E-state index >= 15 is 0 Å². The van der Waals surface area contributed by atoms with E-state index in [1.54, 1.807) is 0 Å². The summed E-state index contributed by atoms with van der Waals surface area (Å²) < 4.78 is 0. The monoisotopic (exact) mass is 460 g/mol. The van der Waals surface area contributed by atoms with Crippen molar-refractivity contribution in [1.29, 1.82) is 0 Å². The first kappa shape index (κ1) is 23.7. The van der Waals surface area contributed by atoms with Crippen LogP contribution in [-0.2, 0) is 25.8 Å². The van der Waals surface area contributed by atoms with E-state index in [1.807, 2.05) is 50.3 Å². The van der Waals surface area contributed by atoms with Gasteiger partial charge in [0, 0.05) is 0 Å². The van der Waals surface area contributed by atoms with Crippen LogP contribution in [0.15, 0.2) is 60.7 Å². The molecule has 0 radical (unpaired) electrons. The van der Waals surface area contributed by atoms with Crippen molar-refractivity contribution in [3.05, 3.63) is 71.8 Å². The first-order chi connectivity index (χ1) is 7.86. The zero-order valence-corrected chi connectivity index (χ0v) is 16.3. The number of allylic oxidation sites excluding steroid dienone is 2. The Hall–Kier alpha value is -0.370. The molecule has 0 aliphatic carbocycles. The summed E-state index contributed by atoms with van der Waals surface area (Å²) in [4.78, 5) is 0. The molecular weight excluding hydrogens is 442 g/mol. The molecule has 0 aromatic heterocycles. The molecule has 0 N–H and O–H groups in total. The third-order valence-electron chi connectivity index (χ3n) is 2.10. The zero-order valence-electron chi connectivity index (χ0n) is 11.2. The Balaban J connectivity index is -0.000000233. The predicted octanol–water partition coefficient (Wildman–Crippen LogP) is -1.12. The van der Waals surface area contributed by atoms with Crippen LogP contribution in [0.2, 0.25) is 0 Å². The number of hydrogen-bond acceptors (Lipinski definition) is 0. The molecule has 0 heterocycles. The van der Waals surface area contributed by atoms with Crippen LogP contribution in [0.3, 0.4) is 0 Å². The molecule has 0 unspecified atom stereocenters. The summed E-state index contributed by atoms with van der Waals surface area (Å²) in [5.74, 6) is 0. The smallest absolute Gasteiger partial charge is 1.00 e. The second-order valence-electron chi connectivity index (χ2n) is 3.44. The van der Waals surface area contributed by atoms with E-state index < -0.39 is 0 Å². The van der Waals surface area contributed by atoms with Crippen molar-refractivity contribution in [2.24, 2.45) is 0 Å². The zero-order chi connectivity index (χ0) is 11.6. The van der Waals surface area contributed by atoms with Crippen molar-refractivity contribution < 1.29 is 50.7 Å². The molecule has 0 bridgehead atoms. The average Bonchev–Trinajstić information content (AvgIpc) is 2.92. The van der Waals surface area contributed by atoms with E-state index in [9.17, 15) is 0 Å². The molecule has 0 atom stereocenters. The van der Waals surface area contributed by atoms with Gasteiger partial charge < -0.3 is 24.8 Å². The van der Waals surface area contributed by atoms with Crippen molar-refractivity contribution in [3.63, 3.8) is 0 Å². The summed E-state index contributed by atoms with van der Waals surface area (Å²) in [6, 6.07) is 16.5. The van der Waals surface area contributed by atoms with E-state index in [4.69, 9.17) is 0 Å². The molecule has 100 valence electrons. The van der Waals surface area contributed by atoms with Crippen molar-refractivity contribution in [2.75, 3.05) is 0 Å². The van der Waals surface area contributed by atoms with Gasteiger partial charge in [0.1, 0.15) is 0 Å². The topological polar surface area (TPSA) is 0 Å². The second-order valence-corrected chi connectivity index (χ2v) is 3.44. The molecule has 0 amide bonds. The van der Waals surface area contributed by atoms with Gasteiger partial charge in [0.25, 0.3) is 0 Å². The van der Waals surface area contributed by atoms with Crippen molar-refractivity contribution in [1.82, 2.24) is 0 Å². The van der Waals surface area contributed by atoms with E-state index in [-0.39, 0.29) is 50.7 Å². The van der Waals surface area contributed by atoms with Gasteiger partial charge in [-0.3, -0.25) is 0 Å². The molecule has 2 rings (SSSR count). The quantitative estimate of drug-likeness (QED) is 0.395. The largest absolute Gasteiger partial charge is 4.00 e. The van der Waals surface area contributed by atoms with Crippen LogP contribution in [0.25, 0.3) is 12.2 Å². The van der Waals surface area contributed by atoms with Crippen LogP contribution < -0.4 is 24.8 Å². The Morgan fingerprint density at radius 1 is 0.789 bits per heavy atom. The summed E-state index contributed by atoms with van der Waals surface area (Å²) in [6.45, 7) is 4.04. The van der Waals surface area contributed by atoms with Gasteiger partial charge in [-0.15, -0.1) is 36.4 Å². The molecule has 0 saturated carbocycles. The number of hydrogen-bond donors (Lipinski definition) is 0. The Labute approximate surface area is 147 Å². The van der Waals surface area contributed by atoms with E-state index in [1.165, 1.54) is 11.1 Å². The fourth-order valence-electron chi connectivity index (χ4n) is 1.38. The molecule has 19 heavy (non-hydrogen) atoms. The van der Waals surface area contributed by atoms with Gasteiger partial charge in [0.15, 0.2) is 0 Å². The minimum atomic E-state index is 0. The fourth-order valence-corrected chi connectivity index (χ4v) is 1.38. The summed E-state index contributed by atoms with van der Waals surface area (Å²) in [7, 11) is 0. The Bertz CT molecular complexity index is 369. The SMILES string of the molecule is CC=Cc1ccc[cH-]1.CC=Cc1ccc[cH-]1.[Cl-].[Cl-].[Hf+4]. The Morgan fingerprint density at radius 3 is 1.37 bits per heavy atom. The van der Waals surface area contributed by atoms with Crippen LogP contribution >= 0.6 is 0 Å². The molecule has 0 fully saturated rings. The van der Waals surface area contributed by atoms with Gasteiger partial charge in [-0.2, -0.15) is 47.5 Å². The van der Waals surface area contributed by atoms with E-state index in [0.717, 1.165) is 0 Å². The Kier molecular flexibility index (Phi) is 19.6. The van der Waals surface area contributed by atoms with Gasteiger partial charge in [-0.1, -0.05) is 13.8 Å². The first-order valence-corrected chi connectivity index (χ1v) is 5.55. The minimum absolute atomic E-state index is 0. The molecule has 0 saturated heterocycles. The number of halogens is 2. The summed E-state index contributed by atoms with van der Waals surface area (Å²) in [5, 5.41) is 0. The third-order valence-corrected chi connectivity index (χ3v) is 2.10. The normalized spacial score (nSPS) is 8.95. The summed E-state index contributed by atoms with van der Waals surface area (Å²) in [6.07, 6.45) is 8.24. The number of rotatable bonds is 2. The van der Waals surface area contributed by atoms with Gasteiger partial charge in [-0.05, 0) is 0 Å². The molecule has 2 aromatic rings. The molecule has 0 aliphatic rings. The van der Waals surface area contributed by atoms with Gasteiger partial charge >= 0.3 is 25.8 Å². The second kappa shape index (κ2) is 15.7. The fraction of sp³-hybridized carbons (Fsp3) is 0.125. The van der Waals surface area contributed by atoms with Gasteiger partial charge in [0.05, 0.1) is 0 Å². The average molecular weight is 460 g/mol. The van der Waals surface area contributed by atoms with Gasteiger partial charge in [0.2, 0.25) is 0 Å². The molecule has 0 nitrogen and oxygen atoms in total. The van der Waals surface area contributed by atoms with Crippen LogP contribution in [-0.4, -0.2) is 0 Å². The summed E-state index contributed by atoms with van der Waals surface area (Å²) >= 11 is 0. The van der Waals surface area contributed by atoms with Crippen molar-refractivity contribution >= 4 is 12.2 Å². The van der Waals surface area contributed by atoms with E-state index in [2.05, 4.69) is 36.4 Å². The molecule has 2 aromatic carbocycles. The maximum absolute atomic E-state index is 2.08. The molecular formula is C16H18Cl2Hf. The first-order valence-electron chi connectivity index (χ1n) is 5.55. The minimum Gasteiger partial charge on any atom is -1.00 e.